The molecular weight excluding hydrogens is 402 g/mol. The molecule has 0 spiro atoms. The molecule has 2 amide bonds. The highest BCUT2D eigenvalue weighted by Gasteiger charge is 2.45. The van der Waals surface area contributed by atoms with Crippen LogP contribution in [0.5, 0.6) is 0 Å². The first kappa shape index (κ1) is 22.7. The number of carboxylic acids is 2. The number of aliphatic carboxylic acids is 2. The van der Waals surface area contributed by atoms with Crippen LogP contribution in [0.2, 0.25) is 0 Å². The highest BCUT2D eigenvalue weighted by atomic mass is 16.4. The Morgan fingerprint density at radius 1 is 1.13 bits per heavy atom. The van der Waals surface area contributed by atoms with Crippen molar-refractivity contribution in [2.45, 2.75) is 56.0 Å². The van der Waals surface area contributed by atoms with Crippen molar-refractivity contribution in [3.05, 3.63) is 35.9 Å². The van der Waals surface area contributed by atoms with Crippen molar-refractivity contribution in [2.24, 2.45) is 0 Å². The Balaban J connectivity index is 1.77. The van der Waals surface area contributed by atoms with Gasteiger partial charge in [0.2, 0.25) is 11.8 Å². The average Bonchev–Trinajstić information content (AvgIpc) is 3.31. The maximum Gasteiger partial charge on any atom is 0.326 e. The van der Waals surface area contributed by atoms with Gasteiger partial charge in [0.25, 0.3) is 0 Å². The Labute approximate surface area is 180 Å². The average molecular weight is 431 g/mol. The number of likely N-dealkylation sites (tertiary alicyclic amines) is 1. The van der Waals surface area contributed by atoms with Crippen LogP contribution in [-0.4, -0.2) is 70.6 Å². The van der Waals surface area contributed by atoms with Gasteiger partial charge in [-0.3, -0.25) is 14.4 Å². The van der Waals surface area contributed by atoms with Crippen molar-refractivity contribution < 1.29 is 29.4 Å². The van der Waals surface area contributed by atoms with Crippen molar-refractivity contribution >= 4 is 23.8 Å². The number of hydrogen-bond donors (Lipinski definition) is 4. The lowest BCUT2D eigenvalue weighted by Gasteiger charge is -2.42. The molecule has 1 aromatic rings. The lowest BCUT2D eigenvalue weighted by molar-refractivity contribution is -0.144. The highest BCUT2D eigenvalue weighted by molar-refractivity contribution is 5.92. The van der Waals surface area contributed by atoms with Gasteiger partial charge in [-0.05, 0) is 44.2 Å². The smallest absolute Gasteiger partial charge is 0.326 e. The van der Waals surface area contributed by atoms with E-state index in [1.807, 2.05) is 30.3 Å². The third-order valence-electron chi connectivity index (χ3n) is 6.30. The van der Waals surface area contributed by atoms with Crippen LogP contribution in [0.1, 0.15) is 44.1 Å². The lowest BCUT2D eigenvalue weighted by atomic mass is 9.71. The summed E-state index contributed by atoms with van der Waals surface area (Å²) in [6, 6.07) is 7.70. The molecule has 1 aromatic carbocycles. The molecule has 31 heavy (non-hydrogen) atoms. The van der Waals surface area contributed by atoms with Crippen molar-refractivity contribution in [3.8, 4) is 0 Å². The van der Waals surface area contributed by atoms with Crippen LogP contribution >= 0.6 is 0 Å². The third-order valence-corrected chi connectivity index (χ3v) is 6.30. The largest absolute Gasteiger partial charge is 0.481 e. The number of piperidine rings is 1. The minimum Gasteiger partial charge on any atom is -0.481 e. The van der Waals surface area contributed by atoms with E-state index in [1.165, 1.54) is 0 Å². The molecule has 2 fully saturated rings. The van der Waals surface area contributed by atoms with E-state index in [9.17, 15) is 24.3 Å². The first-order valence-electron chi connectivity index (χ1n) is 10.7. The normalized spacial score (nSPS) is 21.3. The van der Waals surface area contributed by atoms with Gasteiger partial charge in [0.1, 0.15) is 6.04 Å². The third kappa shape index (κ3) is 5.22. The van der Waals surface area contributed by atoms with E-state index in [-0.39, 0.29) is 24.8 Å². The van der Waals surface area contributed by atoms with Gasteiger partial charge in [0.05, 0.1) is 11.5 Å². The summed E-state index contributed by atoms with van der Waals surface area (Å²) in [7, 11) is 0. The second-order valence-corrected chi connectivity index (χ2v) is 8.22. The highest BCUT2D eigenvalue weighted by Crippen LogP contribution is 2.36. The monoisotopic (exact) mass is 431 g/mol. The van der Waals surface area contributed by atoms with Gasteiger partial charge in [-0.2, -0.15) is 0 Å². The Hall–Kier alpha value is -2.94. The molecule has 168 valence electrons. The number of nitrogens with zero attached hydrogens (tertiary/aromatic N) is 1. The molecule has 0 bridgehead atoms. The maximum absolute atomic E-state index is 13.4. The molecule has 0 radical (unpaired) electrons. The fourth-order valence-corrected chi connectivity index (χ4v) is 4.45. The van der Waals surface area contributed by atoms with E-state index in [4.69, 9.17) is 5.11 Å². The molecule has 2 heterocycles. The Bertz CT molecular complexity index is 814. The standard InChI is InChI=1S/C22H29N3O6/c26-18(27)9-8-17(20(29)30)24-21(31)22(15-5-2-1-3-6-15)10-13-25(14-11-22)19(28)16-7-4-12-23-16/h1-3,5-6,16-17,23H,4,7-14H2,(H,24,31)(H,26,27)(H,29,30). The quantitative estimate of drug-likeness (QED) is 0.476. The minimum atomic E-state index is -1.29. The first-order valence-corrected chi connectivity index (χ1v) is 10.7. The molecule has 0 aliphatic carbocycles. The van der Waals surface area contributed by atoms with Crippen LogP contribution < -0.4 is 10.6 Å². The van der Waals surface area contributed by atoms with E-state index in [0.29, 0.717) is 25.9 Å². The molecular formula is C22H29N3O6. The maximum atomic E-state index is 13.4. The van der Waals surface area contributed by atoms with Crippen LogP contribution in [0.4, 0.5) is 0 Å². The van der Waals surface area contributed by atoms with Gasteiger partial charge in [-0.1, -0.05) is 30.3 Å². The zero-order valence-electron chi connectivity index (χ0n) is 17.4. The fraction of sp³-hybridized carbons (Fsp3) is 0.545. The number of carbonyl (C=O) groups excluding carboxylic acids is 2. The van der Waals surface area contributed by atoms with Gasteiger partial charge in [0, 0.05) is 19.5 Å². The lowest BCUT2D eigenvalue weighted by Crippen LogP contribution is -2.57. The van der Waals surface area contributed by atoms with Crippen LogP contribution in [0, 0.1) is 0 Å². The summed E-state index contributed by atoms with van der Waals surface area (Å²) < 4.78 is 0. The predicted octanol–water partition coefficient (Wildman–Crippen LogP) is 0.733. The Morgan fingerprint density at radius 3 is 2.35 bits per heavy atom. The molecule has 2 aliphatic heterocycles. The number of carboxylic acid groups (broad SMARTS) is 2. The Morgan fingerprint density at radius 2 is 1.81 bits per heavy atom. The van der Waals surface area contributed by atoms with Crippen LogP contribution in [0.25, 0.3) is 0 Å². The molecule has 2 unspecified atom stereocenters. The number of rotatable bonds is 8. The van der Waals surface area contributed by atoms with E-state index in [2.05, 4.69) is 10.6 Å². The number of benzene rings is 1. The van der Waals surface area contributed by atoms with Gasteiger partial charge >= 0.3 is 11.9 Å². The number of amides is 2. The second-order valence-electron chi connectivity index (χ2n) is 8.22. The van der Waals surface area contributed by atoms with E-state index in [0.717, 1.165) is 24.9 Å². The van der Waals surface area contributed by atoms with Crippen molar-refractivity contribution in [2.75, 3.05) is 19.6 Å². The molecule has 4 N–H and O–H groups in total. The first-order chi connectivity index (χ1) is 14.8. The molecule has 9 nitrogen and oxygen atoms in total. The summed E-state index contributed by atoms with van der Waals surface area (Å²) in [5.41, 5.74) is -0.209. The topological polar surface area (TPSA) is 136 Å². The van der Waals surface area contributed by atoms with Gasteiger partial charge in [0.15, 0.2) is 0 Å². The van der Waals surface area contributed by atoms with Crippen LogP contribution in [0.3, 0.4) is 0 Å². The van der Waals surface area contributed by atoms with Crippen molar-refractivity contribution in [1.82, 2.24) is 15.5 Å². The molecule has 2 saturated heterocycles. The molecule has 0 saturated carbocycles. The molecule has 0 aromatic heterocycles. The molecule has 2 atom stereocenters. The fourth-order valence-electron chi connectivity index (χ4n) is 4.45. The molecule has 3 rings (SSSR count). The summed E-state index contributed by atoms with van der Waals surface area (Å²) in [6.45, 7) is 1.62. The summed E-state index contributed by atoms with van der Waals surface area (Å²) in [4.78, 5) is 50.4. The van der Waals surface area contributed by atoms with Crippen molar-refractivity contribution in [1.29, 1.82) is 0 Å². The predicted molar refractivity (Wildman–Crippen MR) is 111 cm³/mol. The molecule has 2 aliphatic rings. The summed E-state index contributed by atoms with van der Waals surface area (Å²) in [6.07, 6.45) is 1.96. The van der Waals surface area contributed by atoms with E-state index < -0.39 is 29.3 Å². The molecule has 9 heteroatoms. The summed E-state index contributed by atoms with van der Waals surface area (Å²) >= 11 is 0. The van der Waals surface area contributed by atoms with Gasteiger partial charge in [-0.25, -0.2) is 4.79 Å². The zero-order valence-corrected chi connectivity index (χ0v) is 17.4. The summed E-state index contributed by atoms with van der Waals surface area (Å²) in [5.74, 6) is -2.78. The summed E-state index contributed by atoms with van der Waals surface area (Å²) in [5, 5.41) is 24.1. The minimum absolute atomic E-state index is 0.0458. The van der Waals surface area contributed by atoms with Crippen LogP contribution in [-0.2, 0) is 24.6 Å². The zero-order chi connectivity index (χ0) is 22.4. The van der Waals surface area contributed by atoms with Crippen LogP contribution in [0.15, 0.2) is 30.3 Å². The Kier molecular flexibility index (Phi) is 7.27. The number of hydrogen-bond acceptors (Lipinski definition) is 5. The number of nitrogens with one attached hydrogen (secondary N) is 2. The van der Waals surface area contributed by atoms with Gasteiger partial charge < -0.3 is 25.7 Å². The van der Waals surface area contributed by atoms with Gasteiger partial charge in [-0.15, -0.1) is 0 Å². The van der Waals surface area contributed by atoms with Crippen molar-refractivity contribution in [3.63, 3.8) is 0 Å². The van der Waals surface area contributed by atoms with E-state index in [1.54, 1.807) is 4.90 Å². The number of carbonyl (C=O) groups is 4. The second kappa shape index (κ2) is 9.91. The van der Waals surface area contributed by atoms with E-state index >= 15 is 0 Å². The SMILES string of the molecule is O=C(O)CCC(NC(=O)C1(c2ccccc2)CCN(C(=O)C2CCCN2)CC1)C(=O)O.